The molecule has 128 valence electrons. The molecule has 0 spiro atoms. The van der Waals surface area contributed by atoms with Gasteiger partial charge in [0.2, 0.25) is 0 Å². The smallest absolute Gasteiger partial charge is 0.286 e. The van der Waals surface area contributed by atoms with E-state index in [1.807, 2.05) is 6.07 Å². The highest BCUT2D eigenvalue weighted by molar-refractivity contribution is 5.95. The highest BCUT2D eigenvalue weighted by Crippen LogP contribution is 2.22. The van der Waals surface area contributed by atoms with Gasteiger partial charge in [0, 0.05) is 5.69 Å². The number of anilines is 1. The third-order valence-corrected chi connectivity index (χ3v) is 4.18. The molecule has 0 atom stereocenters. The van der Waals surface area contributed by atoms with Gasteiger partial charge < -0.3 is 0 Å². The molecule has 1 aliphatic rings. The van der Waals surface area contributed by atoms with Gasteiger partial charge in [-0.15, -0.1) is 0 Å². The second-order valence-electron chi connectivity index (χ2n) is 5.85. The molecule has 8 heteroatoms. The minimum absolute atomic E-state index is 0.139. The largest absolute Gasteiger partial charge is 0.354 e. The van der Waals surface area contributed by atoms with Crippen LogP contribution in [0.2, 0.25) is 0 Å². The van der Waals surface area contributed by atoms with Crippen LogP contribution >= 0.6 is 0 Å². The lowest BCUT2D eigenvalue weighted by Crippen LogP contribution is -2.35. The fourth-order valence-corrected chi connectivity index (χ4v) is 2.86. The summed E-state index contributed by atoms with van der Waals surface area (Å²) in [6, 6.07) is 13.8. The molecular weight excluding hydrogens is 337 g/mol. The van der Waals surface area contributed by atoms with Crippen LogP contribution in [0.5, 0.6) is 0 Å². The van der Waals surface area contributed by atoms with E-state index in [1.54, 1.807) is 24.3 Å². The van der Waals surface area contributed by atoms with Crippen LogP contribution in [0.4, 0.5) is 14.9 Å². The number of hydrogen-bond donors (Lipinski definition) is 0. The first kappa shape index (κ1) is 15.8. The standard InChI is InChI=1S/C18H12FN5O2/c19-14-5-7-15(8-6-14)22-11-16-21-23(18(26)24(16)17(22)25)10-13-3-1-12(9-20)2-4-13/h1-8H,10-11H2. The average Bonchev–Trinajstić information content (AvgIpc) is 3.13. The number of rotatable bonds is 3. The molecular formula is C18H12FN5O2. The molecule has 0 bridgehead atoms. The van der Waals surface area contributed by atoms with Crippen molar-refractivity contribution < 1.29 is 9.18 Å². The van der Waals surface area contributed by atoms with E-state index in [0.29, 0.717) is 17.1 Å². The van der Waals surface area contributed by atoms with Gasteiger partial charge in [0.15, 0.2) is 5.82 Å². The third-order valence-electron chi connectivity index (χ3n) is 4.18. The number of halogens is 1. The molecule has 2 aromatic carbocycles. The maximum absolute atomic E-state index is 13.1. The number of benzene rings is 2. The summed E-state index contributed by atoms with van der Waals surface area (Å²) in [6.45, 7) is 0.342. The number of amides is 1. The molecule has 0 saturated carbocycles. The predicted molar refractivity (Wildman–Crippen MR) is 90.1 cm³/mol. The zero-order chi connectivity index (χ0) is 18.3. The fraction of sp³-hybridized carbons (Fsp3) is 0.111. The molecule has 2 heterocycles. The Morgan fingerprint density at radius 3 is 2.38 bits per heavy atom. The Bertz CT molecular complexity index is 1090. The van der Waals surface area contributed by atoms with E-state index in [4.69, 9.17) is 5.26 Å². The van der Waals surface area contributed by atoms with E-state index >= 15 is 0 Å². The summed E-state index contributed by atoms with van der Waals surface area (Å²) < 4.78 is 15.3. The van der Waals surface area contributed by atoms with Crippen LogP contribution in [0.15, 0.2) is 53.3 Å². The van der Waals surface area contributed by atoms with E-state index in [9.17, 15) is 14.0 Å². The molecule has 1 aliphatic heterocycles. The number of hydrogen-bond acceptors (Lipinski definition) is 4. The van der Waals surface area contributed by atoms with Gasteiger partial charge in [-0.05, 0) is 42.0 Å². The summed E-state index contributed by atoms with van der Waals surface area (Å²) in [5.41, 5.74) is 1.29. The van der Waals surface area contributed by atoms with E-state index in [0.717, 1.165) is 10.1 Å². The minimum Gasteiger partial charge on any atom is -0.286 e. The molecule has 26 heavy (non-hydrogen) atoms. The van der Waals surface area contributed by atoms with Crippen LogP contribution in [0.1, 0.15) is 17.0 Å². The van der Waals surface area contributed by atoms with Crippen molar-refractivity contribution in [2.24, 2.45) is 0 Å². The zero-order valence-corrected chi connectivity index (χ0v) is 13.5. The van der Waals surface area contributed by atoms with Gasteiger partial charge in [-0.2, -0.15) is 14.9 Å². The van der Waals surface area contributed by atoms with E-state index in [2.05, 4.69) is 5.10 Å². The quantitative estimate of drug-likeness (QED) is 0.725. The van der Waals surface area contributed by atoms with Gasteiger partial charge in [-0.3, -0.25) is 4.90 Å². The molecule has 4 rings (SSSR count). The maximum atomic E-state index is 13.1. The molecule has 7 nitrogen and oxygen atoms in total. The van der Waals surface area contributed by atoms with Gasteiger partial charge in [0.1, 0.15) is 5.82 Å². The maximum Gasteiger partial charge on any atom is 0.354 e. The van der Waals surface area contributed by atoms with Crippen molar-refractivity contribution in [1.82, 2.24) is 14.3 Å². The Labute approximate surface area is 147 Å². The third kappa shape index (κ3) is 2.56. The molecule has 3 aromatic rings. The zero-order valence-electron chi connectivity index (χ0n) is 13.5. The van der Waals surface area contributed by atoms with Crippen molar-refractivity contribution in [3.05, 3.63) is 81.8 Å². The minimum atomic E-state index is -0.529. The van der Waals surface area contributed by atoms with Gasteiger partial charge in [-0.25, -0.2) is 18.7 Å². The Balaban J connectivity index is 1.61. The van der Waals surface area contributed by atoms with Crippen LogP contribution in [-0.4, -0.2) is 20.4 Å². The highest BCUT2D eigenvalue weighted by Gasteiger charge is 2.33. The summed E-state index contributed by atoms with van der Waals surface area (Å²) >= 11 is 0. The number of fused-ring (bicyclic) bond motifs is 1. The molecule has 1 amide bonds. The first-order valence-corrected chi connectivity index (χ1v) is 7.82. The Hall–Kier alpha value is -3.73. The Morgan fingerprint density at radius 2 is 1.77 bits per heavy atom. The van der Waals surface area contributed by atoms with Gasteiger partial charge in [0.25, 0.3) is 0 Å². The van der Waals surface area contributed by atoms with Gasteiger partial charge in [-0.1, -0.05) is 12.1 Å². The van der Waals surface area contributed by atoms with Crippen molar-refractivity contribution in [3.8, 4) is 6.07 Å². The summed E-state index contributed by atoms with van der Waals surface area (Å²) in [6.07, 6.45) is 0. The summed E-state index contributed by atoms with van der Waals surface area (Å²) in [5.74, 6) is -0.0686. The van der Waals surface area contributed by atoms with Crippen LogP contribution in [0.25, 0.3) is 0 Å². The highest BCUT2D eigenvalue weighted by atomic mass is 19.1. The predicted octanol–water partition coefficient (Wildman–Crippen LogP) is 2.09. The number of carbonyl (C=O) groups is 1. The van der Waals surface area contributed by atoms with Crippen molar-refractivity contribution in [2.75, 3.05) is 4.90 Å². The molecule has 0 fully saturated rings. The average molecular weight is 349 g/mol. The van der Waals surface area contributed by atoms with Gasteiger partial charge >= 0.3 is 11.7 Å². The monoisotopic (exact) mass is 349 g/mol. The van der Waals surface area contributed by atoms with E-state index in [-0.39, 0.29) is 13.1 Å². The molecule has 0 radical (unpaired) electrons. The molecule has 1 aromatic heterocycles. The molecule has 0 N–H and O–H groups in total. The van der Waals surface area contributed by atoms with E-state index in [1.165, 1.54) is 33.8 Å². The lowest BCUT2D eigenvalue weighted by atomic mass is 10.1. The first-order chi connectivity index (χ1) is 12.6. The summed E-state index contributed by atoms with van der Waals surface area (Å²) in [7, 11) is 0. The Kier molecular flexibility index (Phi) is 3.62. The van der Waals surface area contributed by atoms with Crippen molar-refractivity contribution in [3.63, 3.8) is 0 Å². The summed E-state index contributed by atoms with van der Waals surface area (Å²) in [4.78, 5) is 26.5. The molecule has 0 unspecified atom stereocenters. The van der Waals surface area contributed by atoms with Crippen LogP contribution in [-0.2, 0) is 13.1 Å². The number of nitriles is 1. The summed E-state index contributed by atoms with van der Waals surface area (Å²) in [5, 5.41) is 13.1. The molecule has 0 saturated heterocycles. The van der Waals surface area contributed by atoms with Crippen LogP contribution in [0, 0.1) is 17.1 Å². The molecule has 0 aliphatic carbocycles. The number of aromatic nitrogens is 3. The Morgan fingerprint density at radius 1 is 1.08 bits per heavy atom. The SMILES string of the molecule is N#Cc1ccc(Cn2nc3n(c2=O)C(=O)N(c2ccc(F)cc2)C3)cc1. The fourth-order valence-electron chi connectivity index (χ4n) is 2.86. The van der Waals surface area contributed by atoms with Crippen LogP contribution in [0.3, 0.4) is 0 Å². The number of nitrogens with zero attached hydrogens (tertiary/aromatic N) is 5. The topological polar surface area (TPSA) is 83.9 Å². The number of carbonyl (C=O) groups excluding carboxylic acids is 1. The van der Waals surface area contributed by atoms with Crippen molar-refractivity contribution in [1.29, 1.82) is 5.26 Å². The van der Waals surface area contributed by atoms with Crippen molar-refractivity contribution >= 4 is 11.7 Å². The normalized spacial score (nSPS) is 12.9. The van der Waals surface area contributed by atoms with Crippen LogP contribution < -0.4 is 10.6 Å². The van der Waals surface area contributed by atoms with E-state index < -0.39 is 17.5 Å². The second-order valence-corrected chi connectivity index (χ2v) is 5.85. The van der Waals surface area contributed by atoms with Gasteiger partial charge in [0.05, 0.1) is 24.7 Å². The second kappa shape index (κ2) is 5.97. The first-order valence-electron chi connectivity index (χ1n) is 7.82. The van der Waals surface area contributed by atoms with Crippen molar-refractivity contribution in [2.45, 2.75) is 13.1 Å². The lowest BCUT2D eigenvalue weighted by molar-refractivity contribution is 0.250. The lowest BCUT2D eigenvalue weighted by Gasteiger charge is -2.14.